The Balaban J connectivity index is 2.13. The normalized spacial score (nSPS) is 10.7. The van der Waals surface area contributed by atoms with Crippen LogP contribution in [0.2, 0.25) is 0 Å². The molecule has 0 spiro atoms. The van der Waals surface area contributed by atoms with Gasteiger partial charge in [-0.2, -0.15) is 5.26 Å². The molecule has 2 aromatic carbocycles. The first-order chi connectivity index (χ1) is 10.2. The number of aromatic nitrogens is 2. The van der Waals surface area contributed by atoms with Crippen molar-refractivity contribution >= 4 is 11.0 Å². The minimum absolute atomic E-state index is 0.0454. The standard InChI is InChI=1S/C16H11F2N3/c17-12-9-14-15(10-13(12)18)21(7-6-19)16(20-14)8-11-4-2-1-3-5-11/h1-5,9-10H,7-8H2. The monoisotopic (exact) mass is 283 g/mol. The van der Waals surface area contributed by atoms with Gasteiger partial charge in [0.2, 0.25) is 0 Å². The Kier molecular flexibility index (Phi) is 3.36. The topological polar surface area (TPSA) is 41.6 Å². The van der Waals surface area contributed by atoms with Crippen LogP contribution in [-0.4, -0.2) is 9.55 Å². The van der Waals surface area contributed by atoms with Gasteiger partial charge in [-0.3, -0.25) is 0 Å². The fourth-order valence-corrected chi connectivity index (χ4v) is 2.33. The molecule has 0 aliphatic rings. The fraction of sp³-hybridized carbons (Fsp3) is 0.125. The molecule has 0 saturated heterocycles. The van der Waals surface area contributed by atoms with Crippen molar-refractivity contribution in [1.82, 2.24) is 9.55 Å². The molecule has 0 aliphatic carbocycles. The third kappa shape index (κ3) is 2.48. The molecule has 1 aromatic heterocycles. The molecular weight excluding hydrogens is 272 g/mol. The molecule has 1 heterocycles. The van der Waals surface area contributed by atoms with E-state index >= 15 is 0 Å². The van der Waals surface area contributed by atoms with E-state index < -0.39 is 11.6 Å². The first kappa shape index (κ1) is 13.3. The summed E-state index contributed by atoms with van der Waals surface area (Å²) >= 11 is 0. The lowest BCUT2D eigenvalue weighted by molar-refractivity contribution is 0.510. The summed E-state index contributed by atoms with van der Waals surface area (Å²) in [5.74, 6) is -1.26. The second-order valence-electron chi connectivity index (χ2n) is 4.69. The number of halogens is 2. The average Bonchev–Trinajstić information content (AvgIpc) is 2.79. The van der Waals surface area contributed by atoms with E-state index in [-0.39, 0.29) is 6.54 Å². The smallest absolute Gasteiger partial charge is 0.161 e. The molecule has 0 amide bonds. The maximum atomic E-state index is 13.4. The molecule has 3 rings (SSSR count). The first-order valence-electron chi connectivity index (χ1n) is 6.44. The Bertz CT molecular complexity index is 832. The van der Waals surface area contributed by atoms with E-state index in [4.69, 9.17) is 5.26 Å². The molecule has 5 heteroatoms. The van der Waals surface area contributed by atoms with Crippen LogP contribution in [0.1, 0.15) is 11.4 Å². The summed E-state index contributed by atoms with van der Waals surface area (Å²) in [6, 6.07) is 13.8. The highest BCUT2D eigenvalue weighted by Crippen LogP contribution is 2.21. The van der Waals surface area contributed by atoms with Crippen molar-refractivity contribution in [3.63, 3.8) is 0 Å². The van der Waals surface area contributed by atoms with Crippen LogP contribution in [-0.2, 0) is 13.0 Å². The van der Waals surface area contributed by atoms with E-state index in [1.54, 1.807) is 4.57 Å². The van der Waals surface area contributed by atoms with Crippen molar-refractivity contribution in [2.24, 2.45) is 0 Å². The Hall–Kier alpha value is -2.74. The van der Waals surface area contributed by atoms with Crippen molar-refractivity contribution in [2.45, 2.75) is 13.0 Å². The Morgan fingerprint density at radius 2 is 1.81 bits per heavy atom. The van der Waals surface area contributed by atoms with Crippen LogP contribution in [0.3, 0.4) is 0 Å². The number of fused-ring (bicyclic) bond motifs is 1. The van der Waals surface area contributed by atoms with Gasteiger partial charge < -0.3 is 4.57 Å². The van der Waals surface area contributed by atoms with Crippen LogP contribution in [0.4, 0.5) is 8.78 Å². The highest BCUT2D eigenvalue weighted by molar-refractivity contribution is 5.76. The zero-order chi connectivity index (χ0) is 14.8. The highest BCUT2D eigenvalue weighted by Gasteiger charge is 2.14. The maximum Gasteiger partial charge on any atom is 0.161 e. The molecule has 0 atom stereocenters. The lowest BCUT2D eigenvalue weighted by Crippen LogP contribution is -2.03. The summed E-state index contributed by atoms with van der Waals surface area (Å²) in [5, 5.41) is 8.95. The van der Waals surface area contributed by atoms with E-state index in [0.717, 1.165) is 17.7 Å². The number of hydrogen-bond donors (Lipinski definition) is 0. The average molecular weight is 283 g/mol. The number of nitriles is 1. The van der Waals surface area contributed by atoms with Crippen molar-refractivity contribution in [3.05, 3.63) is 65.5 Å². The molecule has 0 aliphatic heterocycles. The molecule has 21 heavy (non-hydrogen) atoms. The highest BCUT2D eigenvalue weighted by atomic mass is 19.2. The van der Waals surface area contributed by atoms with Crippen molar-refractivity contribution in [3.8, 4) is 6.07 Å². The third-order valence-electron chi connectivity index (χ3n) is 3.30. The molecule has 3 nitrogen and oxygen atoms in total. The number of rotatable bonds is 3. The van der Waals surface area contributed by atoms with Gasteiger partial charge in [0.05, 0.1) is 17.1 Å². The van der Waals surface area contributed by atoms with Gasteiger partial charge in [-0.05, 0) is 5.56 Å². The second-order valence-corrected chi connectivity index (χ2v) is 4.69. The molecule has 104 valence electrons. The molecule has 0 bridgehead atoms. The van der Waals surface area contributed by atoms with E-state index in [0.29, 0.717) is 23.3 Å². The summed E-state index contributed by atoms with van der Waals surface area (Å²) < 4.78 is 28.3. The van der Waals surface area contributed by atoms with Gasteiger partial charge in [0.15, 0.2) is 11.6 Å². The summed E-state index contributed by atoms with van der Waals surface area (Å²) in [4.78, 5) is 4.33. The quantitative estimate of drug-likeness (QED) is 0.739. The van der Waals surface area contributed by atoms with Crippen LogP contribution >= 0.6 is 0 Å². The predicted molar refractivity (Wildman–Crippen MR) is 74.5 cm³/mol. The molecule has 0 fully saturated rings. The van der Waals surface area contributed by atoms with E-state index in [9.17, 15) is 8.78 Å². The van der Waals surface area contributed by atoms with Gasteiger partial charge in [0.1, 0.15) is 12.4 Å². The Morgan fingerprint density at radius 3 is 2.52 bits per heavy atom. The minimum Gasteiger partial charge on any atom is -0.314 e. The van der Waals surface area contributed by atoms with Crippen molar-refractivity contribution in [1.29, 1.82) is 5.26 Å². The lowest BCUT2D eigenvalue weighted by Gasteiger charge is -2.05. The summed E-state index contributed by atoms with van der Waals surface area (Å²) in [7, 11) is 0. The van der Waals surface area contributed by atoms with Crippen LogP contribution in [0.25, 0.3) is 11.0 Å². The zero-order valence-corrected chi connectivity index (χ0v) is 11.1. The van der Waals surface area contributed by atoms with Gasteiger partial charge in [0, 0.05) is 18.6 Å². The number of nitrogens with zero attached hydrogens (tertiary/aromatic N) is 3. The van der Waals surface area contributed by atoms with Crippen molar-refractivity contribution in [2.75, 3.05) is 0 Å². The van der Waals surface area contributed by atoms with Crippen LogP contribution < -0.4 is 0 Å². The molecular formula is C16H11F2N3. The SMILES string of the molecule is N#CCn1c(Cc2ccccc2)nc2cc(F)c(F)cc21. The van der Waals surface area contributed by atoms with Gasteiger partial charge in [-0.1, -0.05) is 30.3 Å². The molecule has 0 radical (unpaired) electrons. The van der Waals surface area contributed by atoms with Gasteiger partial charge in [0.25, 0.3) is 0 Å². The van der Waals surface area contributed by atoms with E-state index in [1.165, 1.54) is 0 Å². The second kappa shape index (κ2) is 5.33. The van der Waals surface area contributed by atoms with Crippen molar-refractivity contribution < 1.29 is 8.78 Å². The Labute approximate surface area is 120 Å². The molecule has 0 unspecified atom stereocenters. The largest absolute Gasteiger partial charge is 0.314 e. The van der Waals surface area contributed by atoms with E-state index in [2.05, 4.69) is 4.98 Å². The molecule has 0 N–H and O–H groups in total. The minimum atomic E-state index is -0.937. The van der Waals surface area contributed by atoms with Gasteiger partial charge in [-0.25, -0.2) is 13.8 Å². The van der Waals surface area contributed by atoms with Crippen LogP contribution in [0.15, 0.2) is 42.5 Å². The summed E-state index contributed by atoms with van der Waals surface area (Å²) in [5.41, 5.74) is 1.81. The molecule has 3 aromatic rings. The predicted octanol–water partition coefficient (Wildman–Crippen LogP) is 3.43. The summed E-state index contributed by atoms with van der Waals surface area (Å²) in [6.07, 6.45) is 0.500. The first-order valence-corrected chi connectivity index (χ1v) is 6.44. The number of hydrogen-bond acceptors (Lipinski definition) is 2. The van der Waals surface area contributed by atoms with Crippen LogP contribution in [0, 0.1) is 23.0 Å². The van der Waals surface area contributed by atoms with Crippen LogP contribution in [0.5, 0.6) is 0 Å². The maximum absolute atomic E-state index is 13.4. The molecule has 0 saturated carbocycles. The third-order valence-corrected chi connectivity index (χ3v) is 3.30. The number of benzene rings is 2. The zero-order valence-electron chi connectivity index (χ0n) is 11.1. The number of imidazole rings is 1. The Morgan fingerprint density at radius 1 is 1.10 bits per heavy atom. The summed E-state index contributed by atoms with van der Waals surface area (Å²) in [6.45, 7) is 0.0454. The lowest BCUT2D eigenvalue weighted by atomic mass is 10.1. The fourth-order valence-electron chi connectivity index (χ4n) is 2.33. The van der Waals surface area contributed by atoms with Gasteiger partial charge >= 0.3 is 0 Å². The van der Waals surface area contributed by atoms with E-state index in [1.807, 2.05) is 36.4 Å². The van der Waals surface area contributed by atoms with Gasteiger partial charge in [-0.15, -0.1) is 0 Å².